The molecule has 0 aliphatic heterocycles. The van der Waals surface area contributed by atoms with E-state index >= 15 is 0 Å². The van der Waals surface area contributed by atoms with E-state index in [9.17, 15) is 0 Å². The third-order valence-electron chi connectivity index (χ3n) is 3.38. The molecule has 0 saturated heterocycles. The van der Waals surface area contributed by atoms with Crippen LogP contribution in [0.5, 0.6) is 0 Å². The molecule has 0 aromatic rings. The largest absolute Gasteiger partial charge is 0.421 e. The number of hydrogen-bond acceptors (Lipinski definition) is 2. The van der Waals surface area contributed by atoms with Crippen LogP contribution in [0.15, 0.2) is 0 Å². The van der Waals surface area contributed by atoms with E-state index in [-0.39, 0.29) is 19.5 Å². The topological polar surface area (TPSA) is 18.5 Å². The molecule has 0 N–H and O–H groups in total. The van der Waals surface area contributed by atoms with E-state index in [0.29, 0.717) is 12.2 Å². The highest BCUT2D eigenvalue weighted by Gasteiger charge is 2.06. The van der Waals surface area contributed by atoms with Crippen molar-refractivity contribution in [2.24, 2.45) is 0 Å². The molecule has 0 rings (SSSR count). The van der Waals surface area contributed by atoms with Crippen molar-refractivity contribution in [3.63, 3.8) is 0 Å². The predicted molar refractivity (Wildman–Crippen MR) is 86.8 cm³/mol. The van der Waals surface area contributed by atoms with E-state index in [2.05, 4.69) is 27.7 Å². The Labute approximate surface area is 119 Å². The molecule has 0 aromatic heterocycles. The second kappa shape index (κ2) is 13.8. The van der Waals surface area contributed by atoms with E-state index in [1.165, 1.54) is 50.6 Å². The minimum absolute atomic E-state index is 0.275. The Kier molecular flexibility index (Phi) is 14.0. The predicted octanol–water partition coefficient (Wildman–Crippen LogP) is 3.18. The van der Waals surface area contributed by atoms with Gasteiger partial charge in [-0.2, -0.15) is 0 Å². The maximum absolute atomic E-state index is 6.02. The highest BCUT2D eigenvalue weighted by atomic mass is 28.2. The van der Waals surface area contributed by atoms with Crippen LogP contribution in [-0.4, -0.2) is 31.7 Å². The minimum Gasteiger partial charge on any atom is -0.421 e. The van der Waals surface area contributed by atoms with Gasteiger partial charge in [-0.05, 0) is 37.8 Å². The molecule has 2 atom stereocenters. The van der Waals surface area contributed by atoms with Gasteiger partial charge in [-0.1, -0.05) is 40.5 Å². The number of hydrogen-bond donors (Lipinski definition) is 0. The van der Waals surface area contributed by atoms with Crippen LogP contribution in [0, 0.1) is 0 Å². The van der Waals surface area contributed by atoms with Crippen molar-refractivity contribution in [1.29, 1.82) is 0 Å². The molecule has 0 fully saturated rings. The fourth-order valence-electron chi connectivity index (χ4n) is 2.16. The maximum atomic E-state index is 6.02. The lowest BCUT2D eigenvalue weighted by atomic mass is 10.2. The van der Waals surface area contributed by atoms with Gasteiger partial charge in [0.15, 0.2) is 19.5 Å². The van der Waals surface area contributed by atoms with Crippen molar-refractivity contribution in [1.82, 2.24) is 0 Å². The zero-order valence-electron chi connectivity index (χ0n) is 13.0. The first kappa shape index (κ1) is 18.4. The van der Waals surface area contributed by atoms with Crippen LogP contribution in [0.2, 0.25) is 12.1 Å². The van der Waals surface area contributed by atoms with Crippen LogP contribution in [-0.2, 0) is 8.85 Å². The smallest absolute Gasteiger partial charge is 0.161 e. The lowest BCUT2D eigenvalue weighted by Crippen LogP contribution is -2.16. The molecule has 4 heteroatoms. The summed E-state index contributed by atoms with van der Waals surface area (Å²) in [5, 5.41) is 0. The monoisotopic (exact) mass is 290 g/mol. The van der Waals surface area contributed by atoms with Crippen LogP contribution in [0.25, 0.3) is 0 Å². The van der Waals surface area contributed by atoms with Crippen molar-refractivity contribution < 1.29 is 8.85 Å². The van der Waals surface area contributed by atoms with E-state index in [4.69, 9.17) is 8.85 Å². The van der Waals surface area contributed by atoms with Crippen molar-refractivity contribution in [2.45, 2.75) is 90.5 Å². The zero-order valence-corrected chi connectivity index (χ0v) is 15.9. The van der Waals surface area contributed by atoms with E-state index in [1.54, 1.807) is 0 Å². The first-order valence-electron chi connectivity index (χ1n) is 8.01. The van der Waals surface area contributed by atoms with Gasteiger partial charge in [-0.3, -0.25) is 0 Å². The Balaban J connectivity index is 3.38. The Morgan fingerprint density at radius 1 is 0.722 bits per heavy atom. The van der Waals surface area contributed by atoms with Gasteiger partial charge in [0.1, 0.15) is 0 Å². The minimum atomic E-state index is -0.275. The Hall–Kier alpha value is 0.354. The highest BCUT2D eigenvalue weighted by molar-refractivity contribution is 6.34. The third-order valence-corrected chi connectivity index (χ3v) is 7.37. The van der Waals surface area contributed by atoms with Gasteiger partial charge in [0.05, 0.1) is 0 Å². The van der Waals surface area contributed by atoms with Gasteiger partial charge in [0.2, 0.25) is 0 Å². The molecule has 0 amide bonds. The lowest BCUT2D eigenvalue weighted by Gasteiger charge is -2.16. The second-order valence-electron chi connectivity index (χ2n) is 5.09. The Morgan fingerprint density at radius 3 is 1.39 bits per heavy atom. The Morgan fingerprint density at radius 2 is 1.11 bits per heavy atom. The molecule has 2 unspecified atom stereocenters. The summed E-state index contributed by atoms with van der Waals surface area (Å²) in [6.45, 7) is 8.96. The van der Waals surface area contributed by atoms with Crippen molar-refractivity contribution in [3.8, 4) is 0 Å². The summed E-state index contributed by atoms with van der Waals surface area (Å²) in [6, 6.07) is 2.66. The molecule has 110 valence electrons. The molecule has 0 aliphatic rings. The summed E-state index contributed by atoms with van der Waals surface area (Å²) in [5.74, 6) is 0. The summed E-state index contributed by atoms with van der Waals surface area (Å²) >= 11 is 0. The molecule has 0 bridgehead atoms. The average Bonchev–Trinajstić information content (AvgIpc) is 2.39. The third kappa shape index (κ3) is 10.3. The lowest BCUT2D eigenvalue weighted by molar-refractivity contribution is 0.191. The summed E-state index contributed by atoms with van der Waals surface area (Å²) in [7, 11) is -0.551. The van der Waals surface area contributed by atoms with Gasteiger partial charge < -0.3 is 8.85 Å². The Bertz CT molecular complexity index is 150. The zero-order chi connectivity index (χ0) is 13.6. The van der Waals surface area contributed by atoms with Crippen LogP contribution in [0.3, 0.4) is 0 Å². The molecular formula is C14H34O2Si2. The van der Waals surface area contributed by atoms with E-state index < -0.39 is 0 Å². The molecule has 0 aromatic carbocycles. The first-order valence-corrected chi connectivity index (χ1v) is 11.2. The van der Waals surface area contributed by atoms with Gasteiger partial charge in [-0.25, -0.2) is 0 Å². The second-order valence-corrected chi connectivity index (χ2v) is 7.98. The molecule has 0 radical (unpaired) electrons. The fraction of sp³-hybridized carbons (Fsp3) is 1.00. The van der Waals surface area contributed by atoms with Crippen molar-refractivity contribution >= 4 is 19.5 Å². The first-order chi connectivity index (χ1) is 8.78. The van der Waals surface area contributed by atoms with E-state index in [1.807, 2.05) is 0 Å². The average molecular weight is 291 g/mol. The molecule has 0 aliphatic carbocycles. The van der Waals surface area contributed by atoms with Crippen molar-refractivity contribution in [3.05, 3.63) is 0 Å². The van der Waals surface area contributed by atoms with Gasteiger partial charge in [-0.15, -0.1) is 0 Å². The summed E-state index contributed by atoms with van der Waals surface area (Å²) in [4.78, 5) is 0. The van der Waals surface area contributed by atoms with Gasteiger partial charge >= 0.3 is 0 Å². The normalized spacial score (nSPS) is 16.0. The van der Waals surface area contributed by atoms with Crippen LogP contribution >= 0.6 is 0 Å². The van der Waals surface area contributed by atoms with Crippen LogP contribution in [0.1, 0.15) is 66.2 Å². The summed E-state index contributed by atoms with van der Waals surface area (Å²) in [6.07, 6.45) is 8.45. The standard InChI is InChI=1S/C14H34O2Si2/c1-5-9-13(7-3)15-17-11-12-18-16-14(8-4)10-6-2/h13-14H,5-12,17-18H2,1-4H3. The van der Waals surface area contributed by atoms with Gasteiger partial charge in [0.25, 0.3) is 0 Å². The van der Waals surface area contributed by atoms with E-state index in [0.717, 1.165) is 0 Å². The molecule has 2 nitrogen and oxygen atoms in total. The fourth-order valence-corrected chi connectivity index (χ4v) is 5.60. The molecular weight excluding hydrogens is 256 g/mol. The molecule has 0 saturated carbocycles. The summed E-state index contributed by atoms with van der Waals surface area (Å²) in [5.41, 5.74) is 0. The van der Waals surface area contributed by atoms with Crippen molar-refractivity contribution in [2.75, 3.05) is 0 Å². The summed E-state index contributed by atoms with van der Waals surface area (Å²) < 4.78 is 12.0. The quantitative estimate of drug-likeness (QED) is 0.383. The number of rotatable bonds is 13. The van der Waals surface area contributed by atoms with Crippen LogP contribution < -0.4 is 0 Å². The highest BCUT2D eigenvalue weighted by Crippen LogP contribution is 2.08. The van der Waals surface area contributed by atoms with Gasteiger partial charge in [0, 0.05) is 12.2 Å². The molecule has 0 spiro atoms. The molecule has 18 heavy (non-hydrogen) atoms. The maximum Gasteiger partial charge on any atom is 0.161 e. The molecule has 0 heterocycles. The van der Waals surface area contributed by atoms with Crippen LogP contribution in [0.4, 0.5) is 0 Å². The SMILES string of the molecule is CCCC(CC)O[SiH2]CC[SiH2]OC(CC)CCC.